The van der Waals surface area contributed by atoms with Gasteiger partial charge >= 0.3 is 0 Å². The molecule has 0 saturated heterocycles. The summed E-state index contributed by atoms with van der Waals surface area (Å²) in [5.41, 5.74) is 3.68. The van der Waals surface area contributed by atoms with Crippen molar-refractivity contribution in [2.45, 2.75) is 10.1 Å². The van der Waals surface area contributed by atoms with Crippen LogP contribution in [0.4, 0.5) is 0 Å². The van der Waals surface area contributed by atoms with E-state index in [1.165, 1.54) is 4.90 Å². The zero-order valence-corrected chi connectivity index (χ0v) is 21.3. The molecular formula is C26H22N6O2S2. The van der Waals surface area contributed by atoms with Crippen molar-refractivity contribution in [3.8, 4) is 5.69 Å². The highest BCUT2D eigenvalue weighted by Crippen LogP contribution is 2.34. The SMILES string of the molecule is CN(C)CCN1C(=O)c2cccc3c(-n4cc(CSc5nc6ccccc6s5)nn4)ccc(c23)C1=O. The summed E-state index contributed by atoms with van der Waals surface area (Å²) in [6.45, 7) is 0.957. The van der Waals surface area contributed by atoms with E-state index >= 15 is 0 Å². The van der Waals surface area contributed by atoms with E-state index in [0.717, 1.165) is 31.3 Å². The maximum Gasteiger partial charge on any atom is 0.261 e. The van der Waals surface area contributed by atoms with Gasteiger partial charge in [0.2, 0.25) is 0 Å². The molecule has 1 aliphatic heterocycles. The van der Waals surface area contributed by atoms with Crippen LogP contribution < -0.4 is 0 Å². The van der Waals surface area contributed by atoms with Crippen LogP contribution in [0.25, 0.3) is 26.7 Å². The minimum absolute atomic E-state index is 0.261. The molecule has 3 aromatic carbocycles. The van der Waals surface area contributed by atoms with Gasteiger partial charge in [-0.05, 0) is 44.4 Å². The summed E-state index contributed by atoms with van der Waals surface area (Å²) < 4.78 is 3.87. The van der Waals surface area contributed by atoms with E-state index in [9.17, 15) is 9.59 Å². The largest absolute Gasteiger partial charge is 0.308 e. The van der Waals surface area contributed by atoms with Crippen LogP contribution in [-0.2, 0) is 5.75 Å². The van der Waals surface area contributed by atoms with Crippen molar-refractivity contribution >= 4 is 55.9 Å². The van der Waals surface area contributed by atoms with Gasteiger partial charge in [-0.25, -0.2) is 9.67 Å². The van der Waals surface area contributed by atoms with Crippen LogP contribution in [0.3, 0.4) is 0 Å². The van der Waals surface area contributed by atoms with Gasteiger partial charge in [-0.3, -0.25) is 14.5 Å². The number of benzene rings is 3. The first-order valence-corrected chi connectivity index (χ1v) is 13.3. The summed E-state index contributed by atoms with van der Waals surface area (Å²) in [5.74, 6) is 0.117. The van der Waals surface area contributed by atoms with E-state index < -0.39 is 0 Å². The molecule has 0 fully saturated rings. The van der Waals surface area contributed by atoms with E-state index in [1.54, 1.807) is 39.9 Å². The van der Waals surface area contributed by atoms with Crippen LogP contribution >= 0.6 is 23.1 Å². The lowest BCUT2D eigenvalue weighted by molar-refractivity contribution is 0.0601. The Kier molecular flexibility index (Phi) is 5.79. The molecule has 5 aromatic rings. The number of para-hydroxylation sites is 1. The smallest absolute Gasteiger partial charge is 0.261 e. The summed E-state index contributed by atoms with van der Waals surface area (Å²) in [6.07, 6.45) is 1.89. The normalized spacial score (nSPS) is 13.5. The molecule has 0 bridgehead atoms. The number of imide groups is 1. The van der Waals surface area contributed by atoms with Gasteiger partial charge < -0.3 is 4.90 Å². The van der Waals surface area contributed by atoms with Crippen LogP contribution in [0.2, 0.25) is 0 Å². The molecule has 0 unspecified atom stereocenters. The van der Waals surface area contributed by atoms with Gasteiger partial charge in [-0.2, -0.15) is 0 Å². The first kappa shape index (κ1) is 22.8. The van der Waals surface area contributed by atoms with Crippen LogP contribution in [0, 0.1) is 0 Å². The van der Waals surface area contributed by atoms with E-state index in [0.29, 0.717) is 35.4 Å². The number of rotatable bonds is 7. The first-order chi connectivity index (χ1) is 17.5. The summed E-state index contributed by atoms with van der Waals surface area (Å²) in [6, 6.07) is 17.3. The molecule has 36 heavy (non-hydrogen) atoms. The van der Waals surface area contributed by atoms with Crippen molar-refractivity contribution in [1.29, 1.82) is 0 Å². The average molecular weight is 515 g/mol. The fourth-order valence-corrected chi connectivity index (χ4v) is 6.31. The lowest BCUT2D eigenvalue weighted by Crippen LogP contribution is -2.43. The average Bonchev–Trinajstić information content (AvgIpc) is 3.52. The lowest BCUT2D eigenvalue weighted by atomic mass is 9.93. The van der Waals surface area contributed by atoms with E-state index in [4.69, 9.17) is 0 Å². The Bertz CT molecular complexity index is 1590. The summed E-state index contributed by atoms with van der Waals surface area (Å²) in [7, 11) is 3.84. The third-order valence-corrected chi connectivity index (χ3v) is 8.36. The van der Waals surface area contributed by atoms with Gasteiger partial charge in [0.15, 0.2) is 4.34 Å². The van der Waals surface area contributed by atoms with Gasteiger partial charge in [0.25, 0.3) is 11.8 Å². The minimum Gasteiger partial charge on any atom is -0.308 e. The summed E-state index contributed by atoms with van der Waals surface area (Å²) in [4.78, 5) is 34.4. The molecule has 3 heterocycles. The predicted molar refractivity (Wildman–Crippen MR) is 142 cm³/mol. The molecule has 2 aromatic heterocycles. The maximum atomic E-state index is 13.2. The van der Waals surface area contributed by atoms with Crippen molar-refractivity contribution in [1.82, 2.24) is 29.8 Å². The maximum absolute atomic E-state index is 13.2. The highest BCUT2D eigenvalue weighted by molar-refractivity contribution is 8.00. The number of likely N-dealkylation sites (N-methyl/N-ethyl adjacent to an activating group) is 1. The number of fused-ring (bicyclic) bond motifs is 1. The number of amides is 2. The van der Waals surface area contributed by atoms with Crippen molar-refractivity contribution < 1.29 is 9.59 Å². The van der Waals surface area contributed by atoms with E-state index in [2.05, 4.69) is 21.4 Å². The topological polar surface area (TPSA) is 84.2 Å². The van der Waals surface area contributed by atoms with Gasteiger partial charge in [0.1, 0.15) is 0 Å². The molecule has 2 amide bonds. The Morgan fingerprint density at radius 1 is 0.972 bits per heavy atom. The zero-order chi connectivity index (χ0) is 24.8. The van der Waals surface area contributed by atoms with Crippen molar-refractivity contribution in [2.75, 3.05) is 27.2 Å². The number of aromatic nitrogens is 4. The second-order valence-corrected chi connectivity index (χ2v) is 11.1. The van der Waals surface area contributed by atoms with Crippen LogP contribution in [0.15, 0.2) is 65.1 Å². The minimum atomic E-state index is -0.261. The number of carbonyl (C=O) groups is 2. The summed E-state index contributed by atoms with van der Waals surface area (Å²) >= 11 is 3.30. The highest BCUT2D eigenvalue weighted by atomic mass is 32.2. The number of thioether (sulfide) groups is 1. The lowest BCUT2D eigenvalue weighted by Gasteiger charge is -2.28. The first-order valence-electron chi connectivity index (χ1n) is 11.5. The molecule has 0 aliphatic carbocycles. The van der Waals surface area contributed by atoms with Gasteiger partial charge in [-0.15, -0.1) is 16.4 Å². The van der Waals surface area contributed by atoms with Gasteiger partial charge in [0, 0.05) is 40.7 Å². The Morgan fingerprint density at radius 2 is 1.78 bits per heavy atom. The van der Waals surface area contributed by atoms with Crippen molar-refractivity contribution in [3.63, 3.8) is 0 Å². The third kappa shape index (κ3) is 3.97. The second-order valence-electron chi connectivity index (χ2n) is 8.82. The number of carbonyl (C=O) groups excluding carboxylic acids is 2. The van der Waals surface area contributed by atoms with Crippen molar-refractivity contribution in [3.05, 3.63) is 77.6 Å². The fourth-order valence-electron chi connectivity index (χ4n) is 4.36. The molecule has 10 heteroatoms. The Hall–Kier alpha value is -3.60. The summed E-state index contributed by atoms with van der Waals surface area (Å²) in [5, 5.41) is 10.2. The van der Waals surface area contributed by atoms with Crippen molar-refractivity contribution in [2.24, 2.45) is 0 Å². The molecule has 180 valence electrons. The number of thiazole rings is 1. The quantitative estimate of drug-likeness (QED) is 0.234. The molecular weight excluding hydrogens is 492 g/mol. The van der Waals surface area contributed by atoms with E-state index in [-0.39, 0.29) is 11.8 Å². The molecule has 1 aliphatic rings. The number of hydrogen-bond acceptors (Lipinski definition) is 8. The Labute approximate surface area is 215 Å². The highest BCUT2D eigenvalue weighted by Gasteiger charge is 2.33. The molecule has 8 nitrogen and oxygen atoms in total. The molecule has 0 spiro atoms. The second kappa shape index (κ2) is 9.12. The molecule has 6 rings (SSSR count). The molecule has 0 saturated carbocycles. The van der Waals surface area contributed by atoms with Crippen LogP contribution in [0.5, 0.6) is 0 Å². The van der Waals surface area contributed by atoms with Gasteiger partial charge in [0.05, 0.1) is 27.8 Å². The Balaban J connectivity index is 1.29. The van der Waals surface area contributed by atoms with Crippen LogP contribution in [-0.4, -0.2) is 68.8 Å². The zero-order valence-electron chi connectivity index (χ0n) is 19.7. The third-order valence-electron chi connectivity index (χ3n) is 6.15. The Morgan fingerprint density at radius 3 is 2.58 bits per heavy atom. The monoisotopic (exact) mass is 514 g/mol. The predicted octanol–water partition coefficient (Wildman–Crippen LogP) is 4.48. The molecule has 0 radical (unpaired) electrons. The number of nitrogens with zero attached hydrogens (tertiary/aromatic N) is 6. The van der Waals surface area contributed by atoms with E-state index in [1.807, 2.05) is 61.6 Å². The standard InChI is InChI=1S/C26H22N6O2S2/c1-30(2)12-13-31-24(33)18-7-5-6-17-21(11-10-19(23(17)18)25(31)34)32-14-16(28-29-32)15-35-26-27-20-8-3-4-9-22(20)36-26/h3-11,14H,12-13,15H2,1-2H3. The molecule has 0 atom stereocenters. The van der Waals surface area contributed by atoms with Gasteiger partial charge in [-0.1, -0.05) is 41.2 Å². The molecule has 0 N–H and O–H groups in total. The van der Waals surface area contributed by atoms with Crippen LogP contribution in [0.1, 0.15) is 26.4 Å². The fraction of sp³-hybridized carbons (Fsp3) is 0.192. The number of hydrogen-bond donors (Lipinski definition) is 0.